The van der Waals surface area contributed by atoms with Gasteiger partial charge in [-0.2, -0.15) is 0 Å². The molecule has 3 N–H and O–H groups in total. The van der Waals surface area contributed by atoms with Crippen LogP contribution in [0.15, 0.2) is 75.9 Å². The molecule has 0 saturated heterocycles. The fourth-order valence-corrected chi connectivity index (χ4v) is 7.95. The molecule has 2 saturated carbocycles. The van der Waals surface area contributed by atoms with Gasteiger partial charge in [-0.3, -0.25) is 9.59 Å². The number of phenolic OH excluding ortho intramolecular Hbond substituents is 3. The van der Waals surface area contributed by atoms with Gasteiger partial charge in [-0.15, -0.1) is 0 Å². The van der Waals surface area contributed by atoms with Crippen LogP contribution >= 0.6 is 0 Å². The molecule has 3 aromatic carbocycles. The lowest BCUT2D eigenvalue weighted by Gasteiger charge is -2.50. The SMILES string of the molecule is CCC(=O)OC1CCC2C3CCc4cc(O)ccc4C3CCC12C.O=c1cc(-c2ccccc2)oc2cc(O)cc(O)c12. The summed E-state index contributed by atoms with van der Waals surface area (Å²) in [6, 6.07) is 18.8. The molecule has 3 aliphatic carbocycles. The van der Waals surface area contributed by atoms with Crippen LogP contribution in [0.5, 0.6) is 17.2 Å². The molecule has 7 nitrogen and oxygen atoms in total. The van der Waals surface area contributed by atoms with Gasteiger partial charge in [0.2, 0.25) is 0 Å². The molecule has 1 aromatic heterocycles. The van der Waals surface area contributed by atoms with E-state index in [4.69, 9.17) is 9.15 Å². The van der Waals surface area contributed by atoms with Crippen molar-refractivity contribution in [1.82, 2.24) is 0 Å². The van der Waals surface area contributed by atoms with Gasteiger partial charge in [-0.05, 0) is 79.5 Å². The van der Waals surface area contributed by atoms with Gasteiger partial charge in [0.25, 0.3) is 0 Å². The van der Waals surface area contributed by atoms with Crippen LogP contribution in [0.2, 0.25) is 0 Å². The highest BCUT2D eigenvalue weighted by Crippen LogP contribution is 2.61. The number of esters is 1. The standard InChI is InChI=1S/C21H28O3.C15H10O4/c1-3-20(23)24-19-9-8-18-17-6-4-13-12-14(22)5-7-15(13)16(17)10-11-21(18,19)2;16-10-6-11(17)15-12(18)8-13(19-14(15)7-10)9-4-2-1-3-5-9/h5,7,12,16-19,22H,3-4,6,8-11H2,1-2H3;1-8,16-17H. The number of ether oxygens (including phenoxy) is 1. The van der Waals surface area contributed by atoms with Crippen LogP contribution in [0, 0.1) is 17.3 Å². The third-order valence-corrected chi connectivity index (χ3v) is 10.0. The normalized spacial score (nSPS) is 25.5. The van der Waals surface area contributed by atoms with E-state index in [2.05, 4.69) is 13.0 Å². The quantitative estimate of drug-likeness (QED) is 0.215. The van der Waals surface area contributed by atoms with E-state index in [1.165, 1.54) is 42.5 Å². The molecule has 4 aromatic rings. The molecule has 0 spiro atoms. The molecule has 0 radical (unpaired) electrons. The molecule has 2 fully saturated rings. The molecule has 7 heteroatoms. The Balaban J connectivity index is 0.000000157. The van der Waals surface area contributed by atoms with Crippen LogP contribution < -0.4 is 5.43 Å². The number of carbonyl (C=O) groups is 1. The van der Waals surface area contributed by atoms with E-state index < -0.39 is 0 Å². The van der Waals surface area contributed by atoms with Gasteiger partial charge >= 0.3 is 5.97 Å². The minimum Gasteiger partial charge on any atom is -0.508 e. The fraction of sp³-hybridized carbons (Fsp3) is 0.389. The molecule has 0 amide bonds. The molecule has 1 heterocycles. The van der Waals surface area contributed by atoms with Crippen molar-refractivity contribution >= 4 is 16.9 Å². The number of benzene rings is 3. The Labute approximate surface area is 250 Å². The second kappa shape index (κ2) is 11.4. The highest BCUT2D eigenvalue weighted by atomic mass is 16.5. The molecule has 224 valence electrons. The molecular formula is C36H38O7. The predicted molar refractivity (Wildman–Crippen MR) is 164 cm³/mol. The van der Waals surface area contributed by atoms with Crippen molar-refractivity contribution in [3.8, 4) is 28.6 Å². The van der Waals surface area contributed by atoms with Crippen LogP contribution in [0.3, 0.4) is 0 Å². The topological polar surface area (TPSA) is 117 Å². The van der Waals surface area contributed by atoms with Gasteiger partial charge < -0.3 is 24.5 Å². The number of aryl methyl sites for hydroxylation is 1. The molecule has 5 unspecified atom stereocenters. The first-order valence-electron chi connectivity index (χ1n) is 15.2. The monoisotopic (exact) mass is 582 g/mol. The van der Waals surface area contributed by atoms with Crippen LogP contribution in [0.4, 0.5) is 0 Å². The Kier molecular flexibility index (Phi) is 7.67. The minimum atomic E-state index is -0.349. The Morgan fingerprint density at radius 3 is 2.51 bits per heavy atom. The summed E-state index contributed by atoms with van der Waals surface area (Å²) in [5, 5.41) is 29.0. The Bertz CT molecular complexity index is 1710. The first-order chi connectivity index (χ1) is 20.7. The second-order valence-corrected chi connectivity index (χ2v) is 12.4. The average Bonchev–Trinajstić information content (AvgIpc) is 3.32. The third-order valence-electron chi connectivity index (χ3n) is 10.0. The maximum atomic E-state index is 12.0. The van der Waals surface area contributed by atoms with Gasteiger partial charge in [-0.25, -0.2) is 0 Å². The van der Waals surface area contributed by atoms with E-state index >= 15 is 0 Å². The van der Waals surface area contributed by atoms with Crippen molar-refractivity contribution < 1.29 is 29.3 Å². The number of carbonyl (C=O) groups excluding carboxylic acids is 1. The summed E-state index contributed by atoms with van der Waals surface area (Å²) in [4.78, 5) is 23.8. The van der Waals surface area contributed by atoms with Gasteiger partial charge in [0, 0.05) is 35.6 Å². The van der Waals surface area contributed by atoms with Gasteiger partial charge in [0.15, 0.2) is 5.43 Å². The van der Waals surface area contributed by atoms with Crippen molar-refractivity contribution in [3.05, 3.63) is 88.1 Å². The number of hydrogen-bond acceptors (Lipinski definition) is 7. The summed E-state index contributed by atoms with van der Waals surface area (Å²) < 4.78 is 11.4. The molecule has 0 aliphatic heterocycles. The van der Waals surface area contributed by atoms with Crippen molar-refractivity contribution in [2.75, 3.05) is 0 Å². The lowest BCUT2D eigenvalue weighted by Crippen LogP contribution is -2.45. The second-order valence-electron chi connectivity index (χ2n) is 12.4. The van der Waals surface area contributed by atoms with Crippen molar-refractivity contribution in [3.63, 3.8) is 0 Å². The zero-order valence-corrected chi connectivity index (χ0v) is 24.6. The van der Waals surface area contributed by atoms with Gasteiger partial charge in [0.1, 0.15) is 40.1 Å². The van der Waals surface area contributed by atoms with E-state index in [1.54, 1.807) is 0 Å². The molecular weight excluding hydrogens is 544 g/mol. The Hall–Kier alpha value is -4.26. The first-order valence-corrected chi connectivity index (χ1v) is 15.2. The van der Waals surface area contributed by atoms with E-state index in [1.807, 2.05) is 49.4 Å². The summed E-state index contributed by atoms with van der Waals surface area (Å²) in [6.07, 6.45) is 7.38. The van der Waals surface area contributed by atoms with Crippen molar-refractivity contribution in [2.24, 2.45) is 17.3 Å². The molecule has 5 atom stereocenters. The van der Waals surface area contributed by atoms with E-state index in [-0.39, 0.29) is 45.4 Å². The third kappa shape index (κ3) is 5.37. The Morgan fingerprint density at radius 2 is 1.74 bits per heavy atom. The summed E-state index contributed by atoms with van der Waals surface area (Å²) >= 11 is 0. The lowest BCUT2D eigenvalue weighted by molar-refractivity contribution is -0.157. The number of rotatable bonds is 3. The fourth-order valence-electron chi connectivity index (χ4n) is 7.95. The smallest absolute Gasteiger partial charge is 0.305 e. The first kappa shape index (κ1) is 28.8. The van der Waals surface area contributed by atoms with Crippen LogP contribution in [0.25, 0.3) is 22.3 Å². The van der Waals surface area contributed by atoms with Crippen LogP contribution in [0.1, 0.15) is 69.4 Å². The minimum absolute atomic E-state index is 0.0477. The van der Waals surface area contributed by atoms with E-state index in [0.717, 1.165) is 30.9 Å². The molecule has 43 heavy (non-hydrogen) atoms. The highest BCUT2D eigenvalue weighted by Gasteiger charge is 2.56. The van der Waals surface area contributed by atoms with Crippen molar-refractivity contribution in [2.45, 2.75) is 70.8 Å². The number of hydrogen-bond donors (Lipinski definition) is 3. The summed E-state index contributed by atoms with van der Waals surface area (Å²) in [5.41, 5.74) is 3.51. The van der Waals surface area contributed by atoms with E-state index in [0.29, 0.717) is 35.7 Å². The Morgan fingerprint density at radius 1 is 0.953 bits per heavy atom. The molecule has 3 aliphatic rings. The maximum absolute atomic E-state index is 12.0. The van der Waals surface area contributed by atoms with Crippen LogP contribution in [-0.2, 0) is 16.0 Å². The lowest BCUT2D eigenvalue weighted by atomic mass is 9.55. The number of aromatic hydroxyl groups is 3. The summed E-state index contributed by atoms with van der Waals surface area (Å²) in [7, 11) is 0. The molecule has 7 rings (SSSR count). The number of fused-ring (bicyclic) bond motifs is 6. The summed E-state index contributed by atoms with van der Waals surface area (Å²) in [6.45, 7) is 4.24. The maximum Gasteiger partial charge on any atom is 0.305 e. The zero-order valence-electron chi connectivity index (χ0n) is 24.6. The van der Waals surface area contributed by atoms with E-state index in [9.17, 15) is 24.9 Å². The van der Waals surface area contributed by atoms with Crippen LogP contribution in [-0.4, -0.2) is 27.4 Å². The number of phenols is 3. The molecule has 0 bridgehead atoms. The average molecular weight is 583 g/mol. The largest absolute Gasteiger partial charge is 0.508 e. The van der Waals surface area contributed by atoms with Gasteiger partial charge in [-0.1, -0.05) is 50.2 Å². The summed E-state index contributed by atoms with van der Waals surface area (Å²) in [5.74, 6) is 2.27. The predicted octanol–water partition coefficient (Wildman–Crippen LogP) is 7.44. The van der Waals surface area contributed by atoms with Crippen molar-refractivity contribution in [1.29, 1.82) is 0 Å². The zero-order chi connectivity index (χ0) is 30.3. The highest BCUT2D eigenvalue weighted by molar-refractivity contribution is 5.86. The van der Waals surface area contributed by atoms with Gasteiger partial charge in [0.05, 0.1) is 0 Å².